The Balaban J connectivity index is 2.01. The average molecular weight is 570 g/mol. The third-order valence-corrected chi connectivity index (χ3v) is 8.68. The van der Waals surface area contributed by atoms with Gasteiger partial charge in [-0.25, -0.2) is 8.42 Å². The average Bonchev–Trinajstić information content (AvgIpc) is 2.91. The van der Waals surface area contributed by atoms with Gasteiger partial charge in [0.25, 0.3) is 10.0 Å². The first-order valence-corrected chi connectivity index (χ1v) is 14.7. The minimum Gasteiger partial charge on any atom is -0.352 e. The molecule has 0 aliphatic heterocycles. The topological polar surface area (TPSA) is 86.8 Å². The second-order valence-electron chi connectivity index (χ2n) is 9.80. The van der Waals surface area contributed by atoms with Crippen LogP contribution in [0.5, 0.6) is 0 Å². The summed E-state index contributed by atoms with van der Waals surface area (Å²) in [7, 11) is -4.12. The van der Waals surface area contributed by atoms with Crippen LogP contribution in [-0.4, -0.2) is 43.8 Å². The molecule has 2 unspecified atom stereocenters. The highest BCUT2D eigenvalue weighted by Crippen LogP contribution is 2.26. The van der Waals surface area contributed by atoms with E-state index in [-0.39, 0.29) is 23.4 Å². The van der Waals surface area contributed by atoms with Crippen molar-refractivity contribution in [2.24, 2.45) is 0 Å². The van der Waals surface area contributed by atoms with Crippen molar-refractivity contribution in [1.82, 2.24) is 10.2 Å². The lowest BCUT2D eigenvalue weighted by atomic mass is 10.1. The first-order chi connectivity index (χ1) is 18.4. The van der Waals surface area contributed by atoms with Crippen LogP contribution in [0.1, 0.15) is 43.9 Å². The third-order valence-electron chi connectivity index (χ3n) is 6.64. The number of rotatable bonds is 11. The zero-order valence-electron chi connectivity index (χ0n) is 23.0. The van der Waals surface area contributed by atoms with Gasteiger partial charge in [-0.3, -0.25) is 13.9 Å². The highest BCUT2D eigenvalue weighted by Gasteiger charge is 2.32. The SMILES string of the molecule is CCC(C)NC(=O)C(C)N(Cc1ccc(C)cc1)C(=O)CN(c1ccc(Cl)cc1)S(=O)(=O)c1ccc(C)cc1. The van der Waals surface area contributed by atoms with Gasteiger partial charge in [-0.1, -0.05) is 66.0 Å². The van der Waals surface area contributed by atoms with E-state index in [0.717, 1.165) is 27.4 Å². The summed E-state index contributed by atoms with van der Waals surface area (Å²) in [5.74, 6) is -0.808. The van der Waals surface area contributed by atoms with Crippen molar-refractivity contribution in [3.05, 3.63) is 94.5 Å². The fourth-order valence-corrected chi connectivity index (χ4v) is 5.45. The Morgan fingerprint density at radius 2 is 1.41 bits per heavy atom. The molecule has 7 nitrogen and oxygen atoms in total. The highest BCUT2D eigenvalue weighted by molar-refractivity contribution is 7.92. The van der Waals surface area contributed by atoms with E-state index < -0.39 is 28.5 Å². The molecule has 0 radical (unpaired) electrons. The van der Waals surface area contributed by atoms with Crippen molar-refractivity contribution in [2.45, 2.75) is 64.6 Å². The molecule has 2 atom stereocenters. The van der Waals surface area contributed by atoms with Gasteiger partial charge in [0.1, 0.15) is 12.6 Å². The number of nitrogens with one attached hydrogen (secondary N) is 1. The summed E-state index contributed by atoms with van der Waals surface area (Å²) in [6, 6.07) is 19.5. The summed E-state index contributed by atoms with van der Waals surface area (Å²) in [6.07, 6.45) is 0.740. The standard InChI is InChI=1S/C30H36ClN3O4S/c1-6-23(4)32-30(36)24(5)33(19-25-11-7-21(2)8-12-25)29(35)20-34(27-15-13-26(31)14-16-27)39(37,38)28-17-9-22(3)10-18-28/h7-18,23-24H,6,19-20H2,1-5H3,(H,32,36). The minimum absolute atomic E-state index is 0.0588. The molecule has 0 heterocycles. The van der Waals surface area contributed by atoms with Crippen LogP contribution in [0.25, 0.3) is 0 Å². The van der Waals surface area contributed by atoms with Gasteiger partial charge in [-0.05, 0) is 76.1 Å². The van der Waals surface area contributed by atoms with Crippen LogP contribution in [0.3, 0.4) is 0 Å². The zero-order chi connectivity index (χ0) is 28.7. The molecule has 0 saturated carbocycles. The van der Waals surface area contributed by atoms with E-state index in [4.69, 9.17) is 11.6 Å². The van der Waals surface area contributed by atoms with Crippen LogP contribution in [0, 0.1) is 13.8 Å². The van der Waals surface area contributed by atoms with Gasteiger partial charge in [0.15, 0.2) is 0 Å². The largest absolute Gasteiger partial charge is 0.352 e. The molecule has 3 aromatic rings. The first kappa shape index (κ1) is 30.2. The number of halogens is 1. The smallest absolute Gasteiger partial charge is 0.264 e. The molecule has 3 aromatic carbocycles. The van der Waals surface area contributed by atoms with Crippen LogP contribution >= 0.6 is 11.6 Å². The van der Waals surface area contributed by atoms with Crippen LogP contribution < -0.4 is 9.62 Å². The molecule has 208 valence electrons. The lowest BCUT2D eigenvalue weighted by Gasteiger charge is -2.32. The molecule has 9 heteroatoms. The van der Waals surface area contributed by atoms with Crippen molar-refractivity contribution in [1.29, 1.82) is 0 Å². The Morgan fingerprint density at radius 3 is 1.95 bits per heavy atom. The number of carbonyl (C=O) groups excluding carboxylic acids is 2. The Kier molecular flexibility index (Phi) is 10.2. The number of sulfonamides is 1. The zero-order valence-corrected chi connectivity index (χ0v) is 24.6. The molecule has 0 aliphatic carbocycles. The van der Waals surface area contributed by atoms with Crippen LogP contribution in [0.4, 0.5) is 5.69 Å². The molecule has 0 bridgehead atoms. The van der Waals surface area contributed by atoms with Crippen molar-refractivity contribution in [3.8, 4) is 0 Å². The van der Waals surface area contributed by atoms with E-state index >= 15 is 0 Å². The van der Waals surface area contributed by atoms with E-state index in [1.165, 1.54) is 17.0 Å². The summed E-state index contributed by atoms with van der Waals surface area (Å²) < 4.78 is 28.7. The molecule has 0 aliphatic rings. The van der Waals surface area contributed by atoms with E-state index in [9.17, 15) is 18.0 Å². The second kappa shape index (κ2) is 13.1. The van der Waals surface area contributed by atoms with Crippen molar-refractivity contribution in [2.75, 3.05) is 10.8 Å². The molecule has 0 aromatic heterocycles. The van der Waals surface area contributed by atoms with Gasteiger partial charge in [-0.15, -0.1) is 0 Å². The molecule has 39 heavy (non-hydrogen) atoms. The maximum Gasteiger partial charge on any atom is 0.264 e. The number of benzene rings is 3. The number of aryl methyl sites for hydroxylation is 2. The summed E-state index contributed by atoms with van der Waals surface area (Å²) in [6.45, 7) is 9.00. The summed E-state index contributed by atoms with van der Waals surface area (Å²) in [4.78, 5) is 28.5. The van der Waals surface area contributed by atoms with Crippen LogP contribution in [0.2, 0.25) is 5.02 Å². The van der Waals surface area contributed by atoms with Gasteiger partial charge in [-0.2, -0.15) is 0 Å². The Morgan fingerprint density at radius 1 is 0.872 bits per heavy atom. The second-order valence-corrected chi connectivity index (χ2v) is 12.1. The van der Waals surface area contributed by atoms with E-state index in [1.807, 2.05) is 52.0 Å². The molecule has 3 rings (SSSR count). The maximum absolute atomic E-state index is 13.9. The van der Waals surface area contributed by atoms with Crippen molar-refractivity contribution in [3.63, 3.8) is 0 Å². The van der Waals surface area contributed by atoms with Gasteiger partial charge >= 0.3 is 0 Å². The number of nitrogens with zero attached hydrogens (tertiary/aromatic N) is 2. The fourth-order valence-electron chi connectivity index (χ4n) is 3.91. The van der Waals surface area contributed by atoms with Gasteiger partial charge in [0.2, 0.25) is 11.8 Å². The molecular weight excluding hydrogens is 534 g/mol. The van der Waals surface area contributed by atoms with Gasteiger partial charge in [0, 0.05) is 17.6 Å². The molecule has 0 spiro atoms. The molecular formula is C30H36ClN3O4S. The Bertz CT molecular complexity index is 1380. The predicted molar refractivity (Wildman–Crippen MR) is 156 cm³/mol. The number of hydrogen-bond donors (Lipinski definition) is 1. The third kappa shape index (κ3) is 7.83. The summed E-state index contributed by atoms with van der Waals surface area (Å²) >= 11 is 6.06. The van der Waals surface area contributed by atoms with Crippen molar-refractivity contribution >= 4 is 39.1 Å². The Labute approximate surface area is 236 Å². The summed E-state index contributed by atoms with van der Waals surface area (Å²) in [5, 5.41) is 3.37. The van der Waals surface area contributed by atoms with Crippen LogP contribution in [0.15, 0.2) is 77.7 Å². The van der Waals surface area contributed by atoms with E-state index in [1.54, 1.807) is 43.3 Å². The monoisotopic (exact) mass is 569 g/mol. The maximum atomic E-state index is 13.9. The molecule has 0 saturated heterocycles. The van der Waals surface area contributed by atoms with Crippen molar-refractivity contribution < 1.29 is 18.0 Å². The van der Waals surface area contributed by atoms with Gasteiger partial charge in [0.05, 0.1) is 10.6 Å². The van der Waals surface area contributed by atoms with Crippen LogP contribution in [-0.2, 0) is 26.2 Å². The highest BCUT2D eigenvalue weighted by atomic mass is 35.5. The number of carbonyl (C=O) groups is 2. The number of anilines is 1. The lowest BCUT2D eigenvalue weighted by molar-refractivity contribution is -0.139. The normalized spacial score (nSPS) is 12.9. The summed E-state index contributed by atoms with van der Waals surface area (Å²) in [5.41, 5.74) is 3.10. The molecule has 0 fully saturated rings. The molecule has 1 N–H and O–H groups in total. The first-order valence-electron chi connectivity index (χ1n) is 12.9. The molecule has 2 amide bonds. The Hall–Kier alpha value is -3.36. The van der Waals surface area contributed by atoms with E-state index in [2.05, 4.69) is 5.32 Å². The minimum atomic E-state index is -4.12. The fraction of sp³-hybridized carbons (Fsp3) is 0.333. The van der Waals surface area contributed by atoms with Gasteiger partial charge < -0.3 is 10.2 Å². The quantitative estimate of drug-likeness (QED) is 0.331. The number of amides is 2. The lowest BCUT2D eigenvalue weighted by Crippen LogP contribution is -2.52. The predicted octanol–water partition coefficient (Wildman–Crippen LogP) is 5.48. The number of hydrogen-bond acceptors (Lipinski definition) is 4. The van der Waals surface area contributed by atoms with E-state index in [0.29, 0.717) is 10.7 Å².